The van der Waals surface area contributed by atoms with E-state index in [-0.39, 0.29) is 0 Å². The van der Waals surface area contributed by atoms with Crippen LogP contribution in [0.3, 0.4) is 0 Å². The van der Waals surface area contributed by atoms with Crippen LogP contribution in [0.25, 0.3) is 0 Å². The fraction of sp³-hybridized carbons (Fsp3) is 0.364. The van der Waals surface area contributed by atoms with Gasteiger partial charge in [-0.25, -0.2) is 4.79 Å². The summed E-state index contributed by atoms with van der Waals surface area (Å²) in [4.78, 5) is 11.1. The summed E-state index contributed by atoms with van der Waals surface area (Å²) < 4.78 is 9.80. The molecule has 0 saturated carbocycles. The Morgan fingerprint density at radius 2 is 1.94 bits per heavy atom. The Hall–Kier alpha value is -1.26. The topological polar surface area (TPSA) is 61.5 Å². The lowest BCUT2D eigenvalue weighted by Gasteiger charge is -2.10. The number of ether oxygens (including phenoxy) is 2. The number of esters is 1. The van der Waals surface area contributed by atoms with E-state index in [1.165, 1.54) is 7.05 Å². The molecular weight excluding hydrogens is 230 g/mol. The van der Waals surface area contributed by atoms with Crippen molar-refractivity contribution in [1.29, 1.82) is 0 Å². The molecule has 1 atom stereocenters. The van der Waals surface area contributed by atoms with Crippen molar-refractivity contribution in [2.75, 3.05) is 13.7 Å². The van der Waals surface area contributed by atoms with Gasteiger partial charge in [-0.1, -0.05) is 29.8 Å². The van der Waals surface area contributed by atoms with Gasteiger partial charge >= 0.3 is 5.97 Å². The maximum absolute atomic E-state index is 11.1. The van der Waals surface area contributed by atoms with Crippen molar-refractivity contribution >= 4 is 17.6 Å². The van der Waals surface area contributed by atoms with Gasteiger partial charge in [-0.05, 0) is 26.1 Å². The second-order valence-corrected chi connectivity index (χ2v) is 2.90. The van der Waals surface area contributed by atoms with Gasteiger partial charge in [-0.3, -0.25) is 0 Å². The van der Waals surface area contributed by atoms with Crippen LogP contribution in [0.4, 0.5) is 0 Å². The molecule has 0 saturated heterocycles. The first-order chi connectivity index (χ1) is 7.74. The van der Waals surface area contributed by atoms with Gasteiger partial charge in [0.1, 0.15) is 5.75 Å². The number of alkyl halides is 1. The largest absolute Gasteiger partial charge is 0.463 e. The first-order valence-electron chi connectivity index (χ1n) is 4.84. The van der Waals surface area contributed by atoms with E-state index in [2.05, 4.69) is 10.5 Å². The number of carbonyl (C=O) groups is 1. The Labute approximate surface area is 100 Å². The molecule has 0 radical (unpaired) electrons. The number of hydrogen-bond acceptors (Lipinski definition) is 4. The third-order valence-corrected chi connectivity index (χ3v) is 1.72. The maximum Gasteiger partial charge on any atom is 0.363 e. The van der Waals surface area contributed by atoms with Crippen molar-refractivity contribution in [1.82, 2.24) is 0 Å². The number of carbonyl (C=O) groups excluding carboxylic acids is 1. The molecule has 0 aliphatic carbocycles. The summed E-state index contributed by atoms with van der Waals surface area (Å²) >= 11 is 5.65. The lowest BCUT2D eigenvalue weighted by atomic mass is 10.3. The molecule has 0 aromatic heterocycles. The molecule has 90 valence electrons. The molecule has 1 aromatic rings. The number of hydrogen-bond donors (Lipinski definition) is 1. The zero-order valence-corrected chi connectivity index (χ0v) is 10.1. The second-order valence-electron chi connectivity index (χ2n) is 2.50. The average molecular weight is 246 g/mol. The molecule has 0 amide bonds. The van der Waals surface area contributed by atoms with Gasteiger partial charge < -0.3 is 15.2 Å². The zero-order chi connectivity index (χ0) is 12.4. The molecule has 2 N–H and O–H groups in total. The summed E-state index contributed by atoms with van der Waals surface area (Å²) in [7, 11) is 1.50. The van der Waals surface area contributed by atoms with E-state index in [9.17, 15) is 4.79 Å². The van der Waals surface area contributed by atoms with E-state index in [0.717, 1.165) is 0 Å². The predicted molar refractivity (Wildman–Crippen MR) is 63.5 cm³/mol. The summed E-state index contributed by atoms with van der Waals surface area (Å²) in [5, 5.41) is 0. The molecule has 4 nitrogen and oxygen atoms in total. The van der Waals surface area contributed by atoms with Crippen molar-refractivity contribution in [2.45, 2.75) is 12.5 Å². The predicted octanol–water partition coefficient (Wildman–Crippen LogP) is 1.77. The van der Waals surface area contributed by atoms with E-state index >= 15 is 0 Å². The summed E-state index contributed by atoms with van der Waals surface area (Å²) in [5.74, 6) is -0.0291. The van der Waals surface area contributed by atoms with Crippen LogP contribution < -0.4 is 10.5 Å². The minimum Gasteiger partial charge on any atom is -0.463 e. The van der Waals surface area contributed by atoms with Gasteiger partial charge in [0.15, 0.2) is 0 Å². The molecule has 0 aliphatic rings. The molecule has 5 heteroatoms. The minimum absolute atomic E-state index is 0.292. The van der Waals surface area contributed by atoms with Crippen LogP contribution in [-0.4, -0.2) is 25.2 Å². The Kier molecular flexibility index (Phi) is 8.29. The van der Waals surface area contributed by atoms with Crippen LogP contribution in [0, 0.1) is 0 Å². The number of rotatable bonds is 4. The second kappa shape index (κ2) is 9.00. The fourth-order valence-electron chi connectivity index (χ4n) is 0.874. The van der Waals surface area contributed by atoms with Gasteiger partial charge in [0.05, 0.1) is 6.61 Å². The van der Waals surface area contributed by atoms with E-state index < -0.39 is 11.5 Å². The van der Waals surface area contributed by atoms with Crippen molar-refractivity contribution < 1.29 is 14.3 Å². The van der Waals surface area contributed by atoms with Crippen LogP contribution in [0.15, 0.2) is 30.3 Å². The SMILES string of the molecule is CCOC(=O)C(Cl)Oc1ccccc1.CN. The highest BCUT2D eigenvalue weighted by molar-refractivity contribution is 6.28. The van der Waals surface area contributed by atoms with Gasteiger partial charge in [-0.2, -0.15) is 0 Å². The normalized spacial score (nSPS) is 10.8. The molecule has 0 bridgehead atoms. The molecule has 1 unspecified atom stereocenters. The molecule has 0 aliphatic heterocycles. The summed E-state index contributed by atoms with van der Waals surface area (Å²) in [6.07, 6.45) is 0. The van der Waals surface area contributed by atoms with Crippen molar-refractivity contribution in [2.24, 2.45) is 5.73 Å². The van der Waals surface area contributed by atoms with Crippen molar-refractivity contribution in [3.8, 4) is 5.75 Å². The number of halogens is 1. The molecule has 0 spiro atoms. The van der Waals surface area contributed by atoms with Gasteiger partial charge in [0.25, 0.3) is 5.56 Å². The molecule has 1 rings (SSSR count). The number of nitrogens with two attached hydrogens (primary N) is 1. The van der Waals surface area contributed by atoms with Gasteiger partial charge in [-0.15, -0.1) is 0 Å². The monoisotopic (exact) mass is 245 g/mol. The highest BCUT2D eigenvalue weighted by Crippen LogP contribution is 2.13. The molecule has 16 heavy (non-hydrogen) atoms. The van der Waals surface area contributed by atoms with E-state index in [4.69, 9.17) is 16.3 Å². The van der Waals surface area contributed by atoms with Crippen molar-refractivity contribution in [3.05, 3.63) is 30.3 Å². The summed E-state index contributed by atoms with van der Waals surface area (Å²) in [5.41, 5.74) is 3.41. The number of benzene rings is 1. The Balaban J connectivity index is 0.00000106. The van der Waals surface area contributed by atoms with Gasteiger partial charge in [0.2, 0.25) is 0 Å². The molecule has 0 fully saturated rings. The first-order valence-corrected chi connectivity index (χ1v) is 5.28. The Morgan fingerprint density at radius 3 is 2.44 bits per heavy atom. The maximum atomic E-state index is 11.1. The summed E-state index contributed by atoms with van der Waals surface area (Å²) in [6, 6.07) is 8.87. The molecular formula is C11H16ClNO3. The van der Waals surface area contributed by atoms with E-state index in [1.807, 2.05) is 6.07 Å². The van der Waals surface area contributed by atoms with Crippen LogP contribution in [0.5, 0.6) is 5.75 Å². The Morgan fingerprint density at radius 1 is 1.38 bits per heavy atom. The lowest BCUT2D eigenvalue weighted by Crippen LogP contribution is -2.23. The van der Waals surface area contributed by atoms with Crippen LogP contribution >= 0.6 is 11.6 Å². The first kappa shape index (κ1) is 14.7. The van der Waals surface area contributed by atoms with E-state index in [0.29, 0.717) is 12.4 Å². The van der Waals surface area contributed by atoms with E-state index in [1.54, 1.807) is 31.2 Å². The third kappa shape index (κ3) is 5.58. The third-order valence-electron chi connectivity index (χ3n) is 1.45. The highest BCUT2D eigenvalue weighted by Gasteiger charge is 2.17. The van der Waals surface area contributed by atoms with Crippen LogP contribution in [0.2, 0.25) is 0 Å². The van der Waals surface area contributed by atoms with Crippen LogP contribution in [-0.2, 0) is 9.53 Å². The molecule has 0 heterocycles. The highest BCUT2D eigenvalue weighted by atomic mass is 35.5. The Bertz CT molecular complexity index is 293. The lowest BCUT2D eigenvalue weighted by molar-refractivity contribution is -0.147. The molecule has 1 aromatic carbocycles. The van der Waals surface area contributed by atoms with Crippen molar-refractivity contribution in [3.63, 3.8) is 0 Å². The quantitative estimate of drug-likeness (QED) is 0.649. The fourth-order valence-corrected chi connectivity index (χ4v) is 1.04. The smallest absolute Gasteiger partial charge is 0.363 e. The van der Waals surface area contributed by atoms with Gasteiger partial charge in [0, 0.05) is 0 Å². The number of para-hydroxylation sites is 1. The van der Waals surface area contributed by atoms with Crippen LogP contribution in [0.1, 0.15) is 6.92 Å². The average Bonchev–Trinajstić information content (AvgIpc) is 2.33. The zero-order valence-electron chi connectivity index (χ0n) is 9.35. The summed E-state index contributed by atoms with van der Waals surface area (Å²) in [6.45, 7) is 2.00. The standard InChI is InChI=1S/C10H11ClO3.CH5N/c1-2-13-10(12)9(11)14-8-6-4-3-5-7-8;1-2/h3-7,9H,2H2,1H3;2H2,1H3. The minimum atomic E-state index is -1.09.